The minimum Gasteiger partial charge on any atom is -0.491 e. The number of nitrogens with zero attached hydrogens (tertiary/aromatic N) is 4. The highest BCUT2D eigenvalue weighted by Gasteiger charge is 2.17. The van der Waals surface area contributed by atoms with E-state index in [2.05, 4.69) is 10.2 Å². The summed E-state index contributed by atoms with van der Waals surface area (Å²) in [6.07, 6.45) is 0.148. The number of aromatic nitrogens is 4. The molecule has 1 N–H and O–H groups in total. The van der Waals surface area contributed by atoms with Crippen molar-refractivity contribution in [2.24, 2.45) is 0 Å². The zero-order valence-electron chi connectivity index (χ0n) is 17.0. The Morgan fingerprint density at radius 1 is 1.13 bits per heavy atom. The molecule has 0 aliphatic heterocycles. The lowest BCUT2D eigenvalue weighted by molar-refractivity contribution is 0.126. The highest BCUT2D eigenvalue weighted by atomic mass is 32.2. The number of benzene rings is 2. The van der Waals surface area contributed by atoms with Crippen LogP contribution in [0.3, 0.4) is 0 Å². The summed E-state index contributed by atoms with van der Waals surface area (Å²) >= 11 is 1.39. The van der Waals surface area contributed by atoms with Crippen molar-refractivity contribution in [2.75, 3.05) is 12.4 Å². The van der Waals surface area contributed by atoms with Crippen molar-refractivity contribution in [1.29, 1.82) is 0 Å². The fourth-order valence-corrected chi connectivity index (χ4v) is 4.14. The van der Waals surface area contributed by atoms with Gasteiger partial charge in [0.25, 0.3) is 5.56 Å². The minimum absolute atomic E-state index is 0.0598. The molecule has 0 aliphatic rings. The van der Waals surface area contributed by atoms with Gasteiger partial charge < -0.3 is 9.84 Å². The van der Waals surface area contributed by atoms with Gasteiger partial charge in [0.1, 0.15) is 12.4 Å². The topological polar surface area (TPSA) is 81.7 Å². The Labute approximate surface area is 178 Å². The van der Waals surface area contributed by atoms with Crippen molar-refractivity contribution in [3.05, 3.63) is 64.4 Å². The molecule has 0 saturated carbocycles. The summed E-state index contributed by atoms with van der Waals surface area (Å²) in [7, 11) is 0. The van der Waals surface area contributed by atoms with E-state index in [1.807, 2.05) is 66.8 Å². The molecular formula is C22H24N4O3S. The number of thioether (sulfide) groups is 1. The third-order valence-corrected chi connectivity index (χ3v) is 5.87. The summed E-state index contributed by atoms with van der Waals surface area (Å²) < 4.78 is 9.22. The average Bonchev–Trinajstić information content (AvgIpc) is 3.19. The molecule has 0 bridgehead atoms. The molecule has 0 amide bonds. The van der Waals surface area contributed by atoms with Gasteiger partial charge in [0.2, 0.25) is 5.78 Å². The van der Waals surface area contributed by atoms with Crippen LogP contribution in [0.25, 0.3) is 16.7 Å². The van der Waals surface area contributed by atoms with Gasteiger partial charge in [-0.15, -0.1) is 10.2 Å². The third-order valence-electron chi connectivity index (χ3n) is 4.79. The molecule has 0 fully saturated rings. The zero-order valence-corrected chi connectivity index (χ0v) is 17.8. The van der Waals surface area contributed by atoms with E-state index < -0.39 is 6.10 Å². The summed E-state index contributed by atoms with van der Waals surface area (Å²) in [6.45, 7) is 4.80. The molecule has 7 nitrogen and oxygen atoms in total. The first-order valence-corrected chi connectivity index (χ1v) is 10.9. The molecule has 156 valence electrons. The number of aliphatic hydroxyl groups excluding tert-OH is 1. The van der Waals surface area contributed by atoms with Crippen molar-refractivity contribution in [3.63, 3.8) is 0 Å². The fraction of sp³-hybridized carbons (Fsp3) is 0.318. The van der Waals surface area contributed by atoms with Gasteiger partial charge in [-0.2, -0.15) is 0 Å². The molecule has 0 radical (unpaired) electrons. The van der Waals surface area contributed by atoms with Crippen LogP contribution in [0.2, 0.25) is 0 Å². The minimum atomic E-state index is -0.670. The molecule has 1 unspecified atom stereocenters. The van der Waals surface area contributed by atoms with Crippen LogP contribution in [0, 0.1) is 6.92 Å². The monoisotopic (exact) mass is 424 g/mol. The standard InChI is InChI=1S/C22H24N4O3S/c1-3-12-25-20(28)18-6-4-5-7-19(18)26-21(25)23-24-22(26)30-14-16(27)13-29-17-10-8-15(2)9-11-17/h4-11,16,27H,3,12-14H2,1-2H3. The van der Waals surface area contributed by atoms with E-state index in [1.165, 1.54) is 11.8 Å². The normalized spacial score (nSPS) is 12.5. The molecule has 0 aliphatic carbocycles. The van der Waals surface area contributed by atoms with Gasteiger partial charge >= 0.3 is 0 Å². The highest BCUT2D eigenvalue weighted by molar-refractivity contribution is 7.99. The second-order valence-corrected chi connectivity index (χ2v) is 8.17. The number of para-hydroxylation sites is 1. The number of rotatable bonds is 8. The maximum Gasteiger partial charge on any atom is 0.262 e. The van der Waals surface area contributed by atoms with E-state index in [4.69, 9.17) is 4.74 Å². The first-order chi connectivity index (χ1) is 14.6. The molecule has 2 heterocycles. The van der Waals surface area contributed by atoms with Crippen LogP contribution in [0.1, 0.15) is 18.9 Å². The Hall–Kier alpha value is -2.84. The zero-order chi connectivity index (χ0) is 21.1. The summed E-state index contributed by atoms with van der Waals surface area (Å²) in [4.78, 5) is 12.9. The average molecular weight is 425 g/mol. The van der Waals surface area contributed by atoms with Crippen LogP contribution >= 0.6 is 11.8 Å². The van der Waals surface area contributed by atoms with E-state index in [0.717, 1.165) is 23.3 Å². The first kappa shape index (κ1) is 20.4. The highest BCUT2D eigenvalue weighted by Crippen LogP contribution is 2.22. The molecule has 0 saturated heterocycles. The van der Waals surface area contributed by atoms with Crippen molar-refractivity contribution in [2.45, 2.75) is 38.1 Å². The second-order valence-electron chi connectivity index (χ2n) is 7.18. The number of aryl methyl sites for hydroxylation is 2. The molecule has 1 atom stereocenters. The number of hydrogen-bond donors (Lipinski definition) is 1. The molecular weight excluding hydrogens is 400 g/mol. The maximum absolute atomic E-state index is 12.9. The Morgan fingerprint density at radius 3 is 2.67 bits per heavy atom. The predicted molar refractivity (Wildman–Crippen MR) is 118 cm³/mol. The van der Waals surface area contributed by atoms with Gasteiger partial charge in [0.15, 0.2) is 5.16 Å². The van der Waals surface area contributed by atoms with Crippen molar-refractivity contribution >= 4 is 28.4 Å². The third kappa shape index (κ3) is 4.06. The van der Waals surface area contributed by atoms with Crippen molar-refractivity contribution < 1.29 is 9.84 Å². The van der Waals surface area contributed by atoms with E-state index in [1.54, 1.807) is 4.57 Å². The van der Waals surface area contributed by atoms with Gasteiger partial charge in [-0.05, 0) is 37.6 Å². The number of ether oxygens (including phenoxy) is 1. The van der Waals surface area contributed by atoms with E-state index in [-0.39, 0.29) is 12.2 Å². The largest absolute Gasteiger partial charge is 0.491 e. The molecule has 0 spiro atoms. The van der Waals surface area contributed by atoms with Crippen LogP contribution in [-0.2, 0) is 6.54 Å². The summed E-state index contributed by atoms with van der Waals surface area (Å²) in [5, 5.41) is 20.2. The van der Waals surface area contributed by atoms with E-state index in [0.29, 0.717) is 28.6 Å². The smallest absolute Gasteiger partial charge is 0.262 e. The molecule has 4 aromatic rings. The van der Waals surface area contributed by atoms with Crippen LogP contribution < -0.4 is 10.3 Å². The Kier molecular flexibility index (Phi) is 6.06. The van der Waals surface area contributed by atoms with Crippen molar-refractivity contribution in [3.8, 4) is 5.75 Å². The Bertz CT molecular complexity index is 1220. The van der Waals surface area contributed by atoms with E-state index >= 15 is 0 Å². The molecule has 2 aromatic heterocycles. The molecule has 4 rings (SSSR count). The van der Waals surface area contributed by atoms with Crippen LogP contribution in [0.15, 0.2) is 58.5 Å². The van der Waals surface area contributed by atoms with Crippen LogP contribution in [0.4, 0.5) is 0 Å². The SMILES string of the molecule is CCCn1c(=O)c2ccccc2n2c(SCC(O)COc3ccc(C)cc3)nnc12. The van der Waals surface area contributed by atoms with Gasteiger partial charge in [-0.1, -0.05) is 48.5 Å². The fourth-order valence-electron chi connectivity index (χ4n) is 3.30. The molecule has 2 aromatic carbocycles. The predicted octanol–water partition coefficient (Wildman–Crippen LogP) is 3.29. The first-order valence-electron chi connectivity index (χ1n) is 9.95. The number of fused-ring (bicyclic) bond motifs is 3. The van der Waals surface area contributed by atoms with Gasteiger partial charge in [0.05, 0.1) is 17.0 Å². The van der Waals surface area contributed by atoms with Gasteiger partial charge in [-0.25, -0.2) is 0 Å². The maximum atomic E-state index is 12.9. The molecule has 30 heavy (non-hydrogen) atoms. The van der Waals surface area contributed by atoms with E-state index in [9.17, 15) is 9.90 Å². The Morgan fingerprint density at radius 2 is 1.90 bits per heavy atom. The quantitative estimate of drug-likeness (QED) is 0.437. The van der Waals surface area contributed by atoms with Crippen molar-refractivity contribution in [1.82, 2.24) is 19.2 Å². The lowest BCUT2D eigenvalue weighted by atomic mass is 10.2. The van der Waals surface area contributed by atoms with Crippen LogP contribution in [-0.4, -0.2) is 42.7 Å². The van der Waals surface area contributed by atoms with Crippen LogP contribution in [0.5, 0.6) is 5.75 Å². The Balaban J connectivity index is 1.56. The second kappa shape index (κ2) is 8.89. The molecule has 8 heteroatoms. The number of aliphatic hydroxyl groups is 1. The number of hydrogen-bond acceptors (Lipinski definition) is 6. The lowest BCUT2D eigenvalue weighted by Crippen LogP contribution is -2.23. The summed E-state index contributed by atoms with van der Waals surface area (Å²) in [5.41, 5.74) is 1.86. The summed E-state index contributed by atoms with van der Waals surface area (Å²) in [6, 6.07) is 15.2. The van der Waals surface area contributed by atoms with Gasteiger partial charge in [0, 0.05) is 12.3 Å². The lowest BCUT2D eigenvalue weighted by Gasteiger charge is -2.13. The van der Waals surface area contributed by atoms with Gasteiger partial charge in [-0.3, -0.25) is 13.8 Å². The summed E-state index contributed by atoms with van der Waals surface area (Å²) in [5.74, 6) is 1.65.